The molecule has 1 aromatic heterocycles. The molecule has 2 aromatic carbocycles. The average molecular weight is 671 g/mol. The quantitative estimate of drug-likeness (QED) is 0.192. The summed E-state index contributed by atoms with van der Waals surface area (Å²) in [6.07, 6.45) is -6.48. The summed E-state index contributed by atoms with van der Waals surface area (Å²) in [4.78, 5) is 57.1. The van der Waals surface area contributed by atoms with Crippen molar-refractivity contribution < 1.29 is 42.9 Å². The molecular formula is C31H31ClN4O9S. The van der Waals surface area contributed by atoms with Gasteiger partial charge in [0.05, 0.1) is 11.4 Å². The SMILES string of the molecule is CC(=O)OC[C@H]1O[C@@H](NC(=S)Nc2nc(-c3ccccc3)cc(-c3cccc(Cl)c3)n2)[C@H](OC(C)=O)[C@@H](OC(C)=O)[C@@H]1OC(C)=O. The molecule has 1 aliphatic rings. The molecule has 0 aliphatic carbocycles. The van der Waals surface area contributed by atoms with Crippen LogP contribution in [0, 0.1) is 0 Å². The molecule has 0 saturated carbocycles. The van der Waals surface area contributed by atoms with Crippen molar-refractivity contribution in [2.75, 3.05) is 11.9 Å². The molecule has 2 heterocycles. The van der Waals surface area contributed by atoms with Crippen LogP contribution in [-0.4, -0.2) is 76.2 Å². The van der Waals surface area contributed by atoms with Crippen LogP contribution in [0.2, 0.25) is 5.02 Å². The van der Waals surface area contributed by atoms with Crippen LogP contribution in [0.5, 0.6) is 0 Å². The number of anilines is 1. The number of ether oxygens (including phenoxy) is 5. The van der Waals surface area contributed by atoms with Gasteiger partial charge in [-0.25, -0.2) is 9.97 Å². The number of hydrogen-bond acceptors (Lipinski definition) is 12. The largest absolute Gasteiger partial charge is 0.463 e. The van der Waals surface area contributed by atoms with Gasteiger partial charge in [-0.15, -0.1) is 0 Å². The molecule has 0 amide bonds. The Kier molecular flexibility index (Phi) is 11.6. The highest BCUT2D eigenvalue weighted by Crippen LogP contribution is 2.29. The molecule has 2 N–H and O–H groups in total. The van der Waals surface area contributed by atoms with E-state index < -0.39 is 54.5 Å². The Morgan fingerprint density at radius 2 is 1.37 bits per heavy atom. The monoisotopic (exact) mass is 670 g/mol. The minimum atomic E-state index is -1.37. The predicted molar refractivity (Wildman–Crippen MR) is 169 cm³/mol. The predicted octanol–water partition coefficient (Wildman–Crippen LogP) is 3.83. The number of benzene rings is 2. The molecular weight excluding hydrogens is 640 g/mol. The first-order chi connectivity index (χ1) is 21.9. The fourth-order valence-electron chi connectivity index (χ4n) is 4.67. The maximum atomic E-state index is 12.2. The Morgan fingerprint density at radius 3 is 1.98 bits per heavy atom. The van der Waals surface area contributed by atoms with E-state index in [0.717, 1.165) is 31.9 Å². The summed E-state index contributed by atoms with van der Waals surface area (Å²) in [5.74, 6) is -2.77. The number of carbonyl (C=O) groups is 4. The van der Waals surface area contributed by atoms with Crippen LogP contribution in [0.3, 0.4) is 0 Å². The van der Waals surface area contributed by atoms with E-state index in [9.17, 15) is 19.2 Å². The summed E-state index contributed by atoms with van der Waals surface area (Å²) in [5, 5.41) is 6.28. The van der Waals surface area contributed by atoms with Crippen molar-refractivity contribution in [3.63, 3.8) is 0 Å². The van der Waals surface area contributed by atoms with Gasteiger partial charge < -0.3 is 34.3 Å². The number of aromatic nitrogens is 2. The van der Waals surface area contributed by atoms with E-state index in [1.54, 1.807) is 18.2 Å². The third-order valence-corrected chi connectivity index (χ3v) is 6.86. The molecule has 3 aromatic rings. The molecule has 242 valence electrons. The zero-order valence-electron chi connectivity index (χ0n) is 25.2. The normalized spacial score (nSPS) is 20.5. The average Bonchev–Trinajstić information content (AvgIpc) is 2.98. The molecule has 1 aliphatic heterocycles. The summed E-state index contributed by atoms with van der Waals surface area (Å²) >= 11 is 11.8. The Balaban J connectivity index is 1.67. The van der Waals surface area contributed by atoms with Gasteiger partial charge in [0.2, 0.25) is 5.95 Å². The van der Waals surface area contributed by atoms with Crippen molar-refractivity contribution in [3.8, 4) is 22.5 Å². The van der Waals surface area contributed by atoms with E-state index in [0.29, 0.717) is 16.4 Å². The molecule has 15 heteroatoms. The fraction of sp³-hybridized carbons (Fsp3) is 0.323. The van der Waals surface area contributed by atoms with Gasteiger partial charge in [0.1, 0.15) is 12.7 Å². The molecule has 0 unspecified atom stereocenters. The topological polar surface area (TPSA) is 164 Å². The highest BCUT2D eigenvalue weighted by atomic mass is 35.5. The molecule has 13 nitrogen and oxygen atoms in total. The highest BCUT2D eigenvalue weighted by Gasteiger charge is 2.52. The Bertz CT molecular complexity index is 1610. The van der Waals surface area contributed by atoms with Gasteiger partial charge >= 0.3 is 23.9 Å². The summed E-state index contributed by atoms with van der Waals surface area (Å²) in [7, 11) is 0. The smallest absolute Gasteiger partial charge is 0.303 e. The number of hydrogen-bond donors (Lipinski definition) is 2. The van der Waals surface area contributed by atoms with E-state index in [4.69, 9.17) is 47.5 Å². The lowest BCUT2D eigenvalue weighted by molar-refractivity contribution is -0.254. The van der Waals surface area contributed by atoms with Crippen LogP contribution < -0.4 is 10.6 Å². The number of esters is 4. The van der Waals surface area contributed by atoms with Crippen molar-refractivity contribution in [3.05, 3.63) is 65.7 Å². The second kappa shape index (κ2) is 15.6. The van der Waals surface area contributed by atoms with Crippen molar-refractivity contribution in [1.29, 1.82) is 0 Å². The van der Waals surface area contributed by atoms with Crippen LogP contribution in [0.1, 0.15) is 27.7 Å². The zero-order valence-corrected chi connectivity index (χ0v) is 26.8. The van der Waals surface area contributed by atoms with Gasteiger partial charge in [-0.1, -0.05) is 54.1 Å². The third-order valence-electron chi connectivity index (χ3n) is 6.41. The van der Waals surface area contributed by atoms with E-state index in [2.05, 4.69) is 20.6 Å². The minimum absolute atomic E-state index is 0.0665. The third kappa shape index (κ3) is 9.42. The Hall–Kier alpha value is -4.66. The number of carbonyl (C=O) groups excluding carboxylic acids is 4. The minimum Gasteiger partial charge on any atom is -0.463 e. The van der Waals surface area contributed by atoms with Crippen LogP contribution in [0.15, 0.2) is 60.7 Å². The van der Waals surface area contributed by atoms with Crippen molar-refractivity contribution in [2.24, 2.45) is 0 Å². The first-order valence-electron chi connectivity index (χ1n) is 14.0. The van der Waals surface area contributed by atoms with E-state index in [-0.39, 0.29) is 17.7 Å². The second-order valence-electron chi connectivity index (χ2n) is 10.1. The lowest BCUT2D eigenvalue weighted by Gasteiger charge is -2.44. The van der Waals surface area contributed by atoms with Crippen LogP contribution >= 0.6 is 23.8 Å². The second-order valence-corrected chi connectivity index (χ2v) is 10.9. The van der Waals surface area contributed by atoms with Crippen LogP contribution in [0.25, 0.3) is 22.5 Å². The van der Waals surface area contributed by atoms with Crippen LogP contribution in [0.4, 0.5) is 5.95 Å². The molecule has 0 radical (unpaired) electrons. The standard InChI is InChI=1S/C31H31ClN4O9S/c1-16(37)41-15-25-26(42-17(2)38)27(43-18(3)39)28(44-19(4)40)29(45-25)35-31(46)36-30-33-23(20-9-6-5-7-10-20)14-24(34-30)21-11-8-12-22(32)13-21/h5-14,25-29H,15H2,1-4H3,(H2,33,34,35,36,46)/t25-,26-,27+,28-,29-/m1/s1. The van der Waals surface area contributed by atoms with Gasteiger partial charge in [-0.2, -0.15) is 0 Å². The van der Waals surface area contributed by atoms with Gasteiger partial charge in [-0.3, -0.25) is 19.2 Å². The lowest BCUT2D eigenvalue weighted by Crippen LogP contribution is -2.66. The zero-order chi connectivity index (χ0) is 33.4. The fourth-order valence-corrected chi connectivity index (χ4v) is 5.06. The summed E-state index contributed by atoms with van der Waals surface area (Å²) < 4.78 is 27.5. The summed E-state index contributed by atoms with van der Waals surface area (Å²) in [6, 6.07) is 18.4. The van der Waals surface area contributed by atoms with Gasteiger partial charge in [0.15, 0.2) is 29.7 Å². The van der Waals surface area contributed by atoms with Crippen molar-refractivity contribution in [1.82, 2.24) is 15.3 Å². The van der Waals surface area contributed by atoms with Gasteiger partial charge in [-0.05, 0) is 30.4 Å². The van der Waals surface area contributed by atoms with Gasteiger partial charge in [0.25, 0.3) is 0 Å². The number of halogens is 1. The maximum Gasteiger partial charge on any atom is 0.303 e. The molecule has 4 rings (SSSR count). The first kappa shape index (κ1) is 34.2. The maximum absolute atomic E-state index is 12.2. The molecule has 1 saturated heterocycles. The molecule has 0 bridgehead atoms. The molecule has 0 spiro atoms. The molecule has 46 heavy (non-hydrogen) atoms. The van der Waals surface area contributed by atoms with Crippen LogP contribution in [-0.2, 0) is 42.9 Å². The first-order valence-corrected chi connectivity index (χ1v) is 14.8. The summed E-state index contributed by atoms with van der Waals surface area (Å²) in [5.41, 5.74) is 2.68. The summed E-state index contributed by atoms with van der Waals surface area (Å²) in [6.45, 7) is 4.21. The van der Waals surface area contributed by atoms with Gasteiger partial charge in [0, 0.05) is 43.8 Å². The Labute approximate surface area is 274 Å². The Morgan fingerprint density at radius 1 is 0.783 bits per heavy atom. The number of rotatable bonds is 9. The van der Waals surface area contributed by atoms with E-state index in [1.165, 1.54) is 6.92 Å². The highest BCUT2D eigenvalue weighted by molar-refractivity contribution is 7.80. The van der Waals surface area contributed by atoms with Crippen molar-refractivity contribution in [2.45, 2.75) is 58.3 Å². The molecule has 1 fully saturated rings. The van der Waals surface area contributed by atoms with E-state index in [1.807, 2.05) is 42.5 Å². The van der Waals surface area contributed by atoms with Crippen molar-refractivity contribution >= 4 is 58.8 Å². The van der Waals surface area contributed by atoms with E-state index >= 15 is 0 Å². The number of thiocarbonyl (C=S) groups is 1. The lowest BCUT2D eigenvalue weighted by atomic mass is 9.97. The number of nitrogens with one attached hydrogen (secondary N) is 2. The number of nitrogens with zero attached hydrogens (tertiary/aromatic N) is 2. The molecule has 5 atom stereocenters.